The fourth-order valence-electron chi connectivity index (χ4n) is 4.99. The Bertz CT molecular complexity index is 1060. The van der Waals surface area contributed by atoms with Gasteiger partial charge in [-0.15, -0.1) is 0 Å². The van der Waals surface area contributed by atoms with E-state index in [1.54, 1.807) is 19.2 Å². The minimum atomic E-state index is -3.49. The van der Waals surface area contributed by atoms with E-state index in [4.69, 9.17) is 4.74 Å². The van der Waals surface area contributed by atoms with E-state index in [2.05, 4.69) is 27.5 Å². The van der Waals surface area contributed by atoms with Gasteiger partial charge in [-0.05, 0) is 43.4 Å². The molecule has 0 spiro atoms. The molecule has 8 nitrogen and oxygen atoms in total. The summed E-state index contributed by atoms with van der Waals surface area (Å²) in [6.45, 7) is 2.81. The van der Waals surface area contributed by atoms with Crippen molar-refractivity contribution in [2.75, 3.05) is 39.8 Å². The summed E-state index contributed by atoms with van der Waals surface area (Å²) in [5.74, 6) is 0.370. The number of hydrogen-bond acceptors (Lipinski definition) is 5. The largest absolute Gasteiger partial charge is 0.496 e. The quantitative estimate of drug-likeness (QED) is 0.530. The molecular formula is C25H34N4O4S. The zero-order chi connectivity index (χ0) is 24.0. The SMILES string of the molecule is COc1ccccc1C(=O)NCC1(c2ccccc2)CCC(NS(=O)(=O)N2CCNCC2)CC1. The van der Waals surface area contributed by atoms with Crippen molar-refractivity contribution in [3.63, 3.8) is 0 Å². The molecule has 184 valence electrons. The summed E-state index contributed by atoms with van der Waals surface area (Å²) in [4.78, 5) is 13.0. The maximum atomic E-state index is 13.0. The van der Waals surface area contributed by atoms with Crippen molar-refractivity contribution in [3.8, 4) is 5.75 Å². The third-order valence-electron chi connectivity index (χ3n) is 7.00. The van der Waals surface area contributed by atoms with Gasteiger partial charge in [0.1, 0.15) is 5.75 Å². The van der Waals surface area contributed by atoms with Crippen molar-refractivity contribution in [2.45, 2.75) is 37.1 Å². The Labute approximate surface area is 202 Å². The van der Waals surface area contributed by atoms with Crippen LogP contribution in [-0.2, 0) is 15.6 Å². The van der Waals surface area contributed by atoms with Gasteiger partial charge >= 0.3 is 0 Å². The van der Waals surface area contributed by atoms with Gasteiger partial charge in [-0.2, -0.15) is 17.4 Å². The molecule has 4 rings (SSSR count). The number of ether oxygens (including phenoxy) is 1. The Morgan fingerprint density at radius 2 is 1.71 bits per heavy atom. The highest BCUT2D eigenvalue weighted by Gasteiger charge is 2.39. The van der Waals surface area contributed by atoms with E-state index in [1.165, 1.54) is 9.87 Å². The van der Waals surface area contributed by atoms with Crippen LogP contribution < -0.4 is 20.1 Å². The van der Waals surface area contributed by atoms with Crippen molar-refractivity contribution >= 4 is 16.1 Å². The van der Waals surface area contributed by atoms with Crippen molar-refractivity contribution in [1.82, 2.24) is 19.7 Å². The van der Waals surface area contributed by atoms with Crippen molar-refractivity contribution in [2.24, 2.45) is 0 Å². The van der Waals surface area contributed by atoms with Gasteiger partial charge in [0.25, 0.3) is 16.1 Å². The molecule has 2 aromatic carbocycles. The molecule has 2 fully saturated rings. The van der Waals surface area contributed by atoms with Crippen LogP contribution in [0.15, 0.2) is 54.6 Å². The summed E-state index contributed by atoms with van der Waals surface area (Å²) in [5.41, 5.74) is 1.42. The molecule has 0 radical (unpaired) electrons. The number of nitrogens with zero attached hydrogens (tertiary/aromatic N) is 1. The van der Waals surface area contributed by atoms with Crippen LogP contribution in [0.2, 0.25) is 0 Å². The van der Waals surface area contributed by atoms with E-state index < -0.39 is 10.2 Å². The highest BCUT2D eigenvalue weighted by molar-refractivity contribution is 7.87. The number of piperazine rings is 1. The minimum absolute atomic E-state index is 0.110. The monoisotopic (exact) mass is 486 g/mol. The summed E-state index contributed by atoms with van der Waals surface area (Å²) in [7, 11) is -1.94. The predicted molar refractivity (Wildman–Crippen MR) is 132 cm³/mol. The summed E-state index contributed by atoms with van der Waals surface area (Å²) in [6, 6.07) is 17.3. The Kier molecular flexibility index (Phi) is 7.88. The second-order valence-electron chi connectivity index (χ2n) is 9.08. The second kappa shape index (κ2) is 10.9. The summed E-state index contributed by atoms with van der Waals surface area (Å²) >= 11 is 0. The molecule has 0 atom stereocenters. The molecule has 1 saturated heterocycles. The van der Waals surface area contributed by atoms with E-state index >= 15 is 0 Å². The van der Waals surface area contributed by atoms with Gasteiger partial charge in [-0.3, -0.25) is 4.79 Å². The fourth-order valence-corrected chi connectivity index (χ4v) is 6.46. The van der Waals surface area contributed by atoms with Crippen LogP contribution in [0.25, 0.3) is 0 Å². The van der Waals surface area contributed by atoms with Gasteiger partial charge in [-0.25, -0.2) is 0 Å². The maximum Gasteiger partial charge on any atom is 0.279 e. The molecule has 1 saturated carbocycles. The molecule has 1 aliphatic heterocycles. The van der Waals surface area contributed by atoms with E-state index in [9.17, 15) is 13.2 Å². The molecule has 34 heavy (non-hydrogen) atoms. The number of hydrogen-bond donors (Lipinski definition) is 3. The van der Waals surface area contributed by atoms with Crippen LogP contribution in [0.5, 0.6) is 5.75 Å². The van der Waals surface area contributed by atoms with Crippen molar-refractivity contribution < 1.29 is 17.9 Å². The molecular weight excluding hydrogens is 452 g/mol. The third kappa shape index (κ3) is 5.60. The zero-order valence-corrected chi connectivity index (χ0v) is 20.4. The lowest BCUT2D eigenvalue weighted by molar-refractivity contribution is 0.0932. The number of carbonyl (C=O) groups is 1. The Hall–Kier alpha value is -2.46. The van der Waals surface area contributed by atoms with Gasteiger partial charge in [0.15, 0.2) is 0 Å². The molecule has 0 unspecified atom stereocenters. The summed E-state index contributed by atoms with van der Waals surface area (Å²) in [5, 5.41) is 6.31. The Balaban J connectivity index is 1.45. The standard InChI is InChI=1S/C25H34N4O4S/c1-33-23-10-6-5-9-22(23)24(30)27-19-25(20-7-3-2-4-8-20)13-11-21(12-14-25)28-34(31,32)29-17-15-26-16-18-29/h2-10,21,26,28H,11-19H2,1H3,(H,27,30). The molecule has 1 aliphatic carbocycles. The number of rotatable bonds is 8. The molecule has 0 aromatic heterocycles. The van der Waals surface area contributed by atoms with Crippen LogP contribution >= 0.6 is 0 Å². The molecule has 1 heterocycles. The number of nitrogens with one attached hydrogen (secondary N) is 3. The summed E-state index contributed by atoms with van der Waals surface area (Å²) < 4.78 is 35.5. The topological polar surface area (TPSA) is 99.8 Å². The van der Waals surface area contributed by atoms with E-state index in [1.807, 2.05) is 30.3 Å². The molecule has 0 bridgehead atoms. The van der Waals surface area contributed by atoms with Crippen molar-refractivity contribution in [1.29, 1.82) is 0 Å². The number of para-hydroxylation sites is 1. The number of methoxy groups -OCH3 is 1. The Morgan fingerprint density at radius 1 is 1.06 bits per heavy atom. The minimum Gasteiger partial charge on any atom is -0.496 e. The number of carbonyl (C=O) groups excluding carboxylic acids is 1. The molecule has 1 amide bonds. The van der Waals surface area contributed by atoms with Crippen molar-refractivity contribution in [3.05, 3.63) is 65.7 Å². The zero-order valence-electron chi connectivity index (χ0n) is 19.6. The molecule has 2 aliphatic rings. The first-order valence-corrected chi connectivity index (χ1v) is 13.3. The number of benzene rings is 2. The van der Waals surface area contributed by atoms with Gasteiger partial charge in [0.05, 0.1) is 12.7 Å². The van der Waals surface area contributed by atoms with Gasteiger partial charge < -0.3 is 15.4 Å². The van der Waals surface area contributed by atoms with Gasteiger partial charge in [0.2, 0.25) is 0 Å². The molecule has 3 N–H and O–H groups in total. The highest BCUT2D eigenvalue weighted by atomic mass is 32.2. The molecule has 9 heteroatoms. The lowest BCUT2D eigenvalue weighted by Gasteiger charge is -2.41. The first-order valence-electron chi connectivity index (χ1n) is 11.9. The fraction of sp³-hybridized carbons (Fsp3) is 0.480. The highest BCUT2D eigenvalue weighted by Crippen LogP contribution is 2.39. The van der Waals surface area contributed by atoms with E-state index in [-0.39, 0.29) is 17.4 Å². The lowest BCUT2D eigenvalue weighted by Crippen LogP contribution is -2.54. The lowest BCUT2D eigenvalue weighted by atomic mass is 9.68. The van der Waals surface area contributed by atoms with Crippen LogP contribution in [-0.4, -0.2) is 64.5 Å². The first kappa shape index (κ1) is 24.7. The van der Waals surface area contributed by atoms with Gasteiger partial charge in [-0.1, -0.05) is 42.5 Å². The van der Waals surface area contributed by atoms with Crippen LogP contribution in [0.4, 0.5) is 0 Å². The predicted octanol–water partition coefficient (Wildman–Crippen LogP) is 2.05. The van der Waals surface area contributed by atoms with Crippen LogP contribution in [0.3, 0.4) is 0 Å². The molecule has 2 aromatic rings. The third-order valence-corrected chi connectivity index (χ3v) is 8.68. The number of amides is 1. The van der Waals surface area contributed by atoms with E-state index in [0.717, 1.165) is 12.8 Å². The second-order valence-corrected chi connectivity index (χ2v) is 10.8. The van der Waals surface area contributed by atoms with Gasteiger partial charge in [0, 0.05) is 44.2 Å². The first-order chi connectivity index (χ1) is 16.4. The van der Waals surface area contributed by atoms with E-state index in [0.29, 0.717) is 56.9 Å². The average Bonchev–Trinajstić information content (AvgIpc) is 2.89. The average molecular weight is 487 g/mol. The maximum absolute atomic E-state index is 13.0. The smallest absolute Gasteiger partial charge is 0.279 e. The van der Waals surface area contributed by atoms with Crippen LogP contribution in [0, 0.1) is 0 Å². The van der Waals surface area contributed by atoms with Crippen LogP contribution in [0.1, 0.15) is 41.6 Å². The summed E-state index contributed by atoms with van der Waals surface area (Å²) in [6.07, 6.45) is 2.98. The Morgan fingerprint density at radius 3 is 2.38 bits per heavy atom. The normalized spacial score (nSPS) is 23.9.